The van der Waals surface area contributed by atoms with Gasteiger partial charge in [-0.1, -0.05) is 23.4 Å². The molecule has 0 saturated carbocycles. The van der Waals surface area contributed by atoms with Gasteiger partial charge in [-0.3, -0.25) is 4.79 Å². The smallest absolute Gasteiger partial charge is 0.248 e. The number of halogens is 1. The lowest BCUT2D eigenvalue weighted by Crippen LogP contribution is -2.45. The summed E-state index contributed by atoms with van der Waals surface area (Å²) < 4.78 is 45.8. The minimum Gasteiger partial charge on any atom is -0.360 e. The van der Waals surface area contributed by atoms with Crippen LogP contribution in [0.15, 0.2) is 33.7 Å². The Morgan fingerprint density at radius 1 is 1.37 bits per heavy atom. The van der Waals surface area contributed by atoms with Gasteiger partial charge < -0.3 is 9.84 Å². The quantitative estimate of drug-likeness (QED) is 0.837. The molecule has 7 nitrogen and oxygen atoms in total. The minimum atomic E-state index is -3.78. The Morgan fingerprint density at radius 3 is 2.78 bits per heavy atom. The van der Waals surface area contributed by atoms with Crippen LogP contribution in [0.4, 0.5) is 4.39 Å². The number of nitrogens with zero attached hydrogens (tertiary/aromatic N) is 2. The largest absolute Gasteiger partial charge is 0.360 e. The summed E-state index contributed by atoms with van der Waals surface area (Å²) in [6.07, 6.45) is 1.15. The van der Waals surface area contributed by atoms with Gasteiger partial charge in [0.2, 0.25) is 15.9 Å². The first-order valence-electron chi connectivity index (χ1n) is 8.75. The van der Waals surface area contributed by atoms with E-state index in [0.29, 0.717) is 30.6 Å². The third-order valence-electron chi connectivity index (χ3n) is 4.73. The van der Waals surface area contributed by atoms with Gasteiger partial charge in [0, 0.05) is 25.2 Å². The molecule has 1 N–H and O–H groups in total. The van der Waals surface area contributed by atoms with Crippen LogP contribution >= 0.6 is 0 Å². The van der Waals surface area contributed by atoms with Crippen molar-refractivity contribution in [2.45, 2.75) is 38.1 Å². The van der Waals surface area contributed by atoms with E-state index in [2.05, 4.69) is 10.5 Å². The van der Waals surface area contributed by atoms with E-state index in [1.807, 2.05) is 0 Å². The third-order valence-corrected chi connectivity index (χ3v) is 6.84. The fraction of sp³-hybridized carbons (Fsp3) is 0.444. The molecule has 0 unspecified atom stereocenters. The van der Waals surface area contributed by atoms with Gasteiger partial charge in [-0.15, -0.1) is 0 Å². The number of hydrogen-bond acceptors (Lipinski definition) is 5. The molecule has 1 aliphatic rings. The number of aryl methyl sites for hydroxylation is 2. The van der Waals surface area contributed by atoms with Crippen molar-refractivity contribution in [2.75, 3.05) is 13.1 Å². The molecule has 9 heteroatoms. The zero-order valence-electron chi connectivity index (χ0n) is 15.2. The summed E-state index contributed by atoms with van der Waals surface area (Å²) in [5.41, 5.74) is 0.695. The van der Waals surface area contributed by atoms with Crippen molar-refractivity contribution >= 4 is 15.9 Å². The highest BCUT2D eigenvalue weighted by Crippen LogP contribution is 2.27. The average Bonchev–Trinajstić information content (AvgIpc) is 3.00. The van der Waals surface area contributed by atoms with Crippen molar-refractivity contribution in [3.05, 3.63) is 47.1 Å². The molecule has 146 valence electrons. The van der Waals surface area contributed by atoms with E-state index in [-0.39, 0.29) is 35.5 Å². The summed E-state index contributed by atoms with van der Waals surface area (Å²) >= 11 is 0. The fourth-order valence-electron chi connectivity index (χ4n) is 3.32. The monoisotopic (exact) mass is 395 g/mol. The lowest BCUT2D eigenvalue weighted by Gasteiger charge is -2.31. The minimum absolute atomic E-state index is 0.0647. The number of sulfonamides is 1. The van der Waals surface area contributed by atoms with Crippen molar-refractivity contribution in [1.29, 1.82) is 0 Å². The number of hydrogen-bond donors (Lipinski definition) is 1. The van der Waals surface area contributed by atoms with E-state index < -0.39 is 15.9 Å². The maximum atomic E-state index is 13.7. The van der Waals surface area contributed by atoms with E-state index in [1.54, 1.807) is 32.0 Å². The zero-order valence-corrected chi connectivity index (χ0v) is 16.1. The fourth-order valence-corrected chi connectivity index (χ4v) is 5.13. The summed E-state index contributed by atoms with van der Waals surface area (Å²) in [6, 6.07) is 6.22. The number of carbonyl (C=O) groups excluding carboxylic acids is 1. The zero-order chi connectivity index (χ0) is 19.6. The van der Waals surface area contributed by atoms with E-state index in [4.69, 9.17) is 4.52 Å². The standard InChI is InChI=1S/C18H22FN3O4S/c1-12-17(13(2)26-21-12)27(24,25)22-9-5-7-15(11-22)18(23)20-10-14-6-3-4-8-16(14)19/h3-4,6,8,15H,5,7,9-11H2,1-2H3,(H,20,23)/t15-/m0/s1. The Labute approximate surface area is 157 Å². The van der Waals surface area contributed by atoms with Crippen LogP contribution in [0.3, 0.4) is 0 Å². The van der Waals surface area contributed by atoms with Crippen molar-refractivity contribution in [3.63, 3.8) is 0 Å². The van der Waals surface area contributed by atoms with Crippen LogP contribution in [0, 0.1) is 25.6 Å². The Balaban J connectivity index is 1.69. The van der Waals surface area contributed by atoms with Gasteiger partial charge in [0.15, 0.2) is 5.76 Å². The maximum Gasteiger partial charge on any atom is 0.248 e. The lowest BCUT2D eigenvalue weighted by molar-refractivity contribution is -0.126. The van der Waals surface area contributed by atoms with Crippen molar-refractivity contribution in [3.8, 4) is 0 Å². The van der Waals surface area contributed by atoms with Crippen molar-refractivity contribution in [1.82, 2.24) is 14.8 Å². The summed E-state index contributed by atoms with van der Waals surface area (Å²) in [6.45, 7) is 3.61. The lowest BCUT2D eigenvalue weighted by atomic mass is 9.98. The van der Waals surface area contributed by atoms with Crippen molar-refractivity contribution in [2.24, 2.45) is 5.92 Å². The van der Waals surface area contributed by atoms with Crippen LogP contribution in [0.5, 0.6) is 0 Å². The van der Waals surface area contributed by atoms with Crippen molar-refractivity contribution < 1.29 is 22.1 Å². The first kappa shape index (κ1) is 19.5. The highest BCUT2D eigenvalue weighted by atomic mass is 32.2. The highest BCUT2D eigenvalue weighted by molar-refractivity contribution is 7.89. The number of nitrogens with one attached hydrogen (secondary N) is 1. The van der Waals surface area contributed by atoms with Gasteiger partial charge in [-0.05, 0) is 32.8 Å². The summed E-state index contributed by atoms with van der Waals surface area (Å²) in [4.78, 5) is 12.6. The molecule has 1 atom stereocenters. The number of carbonyl (C=O) groups is 1. The summed E-state index contributed by atoms with van der Waals surface area (Å²) in [7, 11) is -3.78. The molecule has 3 rings (SSSR count). The Kier molecular flexibility index (Phi) is 5.61. The number of benzene rings is 1. The van der Waals surface area contributed by atoms with Gasteiger partial charge in [0.25, 0.3) is 0 Å². The van der Waals surface area contributed by atoms with E-state index in [1.165, 1.54) is 10.4 Å². The van der Waals surface area contributed by atoms with E-state index in [9.17, 15) is 17.6 Å². The number of rotatable bonds is 5. The molecular weight excluding hydrogens is 373 g/mol. The number of piperidine rings is 1. The van der Waals surface area contributed by atoms with Gasteiger partial charge in [0.1, 0.15) is 16.4 Å². The van der Waals surface area contributed by atoms with Gasteiger partial charge in [-0.2, -0.15) is 4.31 Å². The molecular formula is C18H22FN3O4S. The SMILES string of the molecule is Cc1noc(C)c1S(=O)(=O)N1CCC[C@H](C(=O)NCc2ccccc2F)C1. The molecule has 1 aromatic carbocycles. The predicted molar refractivity (Wildman–Crippen MR) is 95.7 cm³/mol. The first-order valence-corrected chi connectivity index (χ1v) is 10.2. The molecule has 2 aromatic rings. The van der Waals surface area contributed by atoms with E-state index in [0.717, 1.165) is 0 Å². The highest BCUT2D eigenvalue weighted by Gasteiger charge is 2.36. The first-order chi connectivity index (χ1) is 12.8. The summed E-state index contributed by atoms with van der Waals surface area (Å²) in [5.74, 6) is -0.916. The van der Waals surface area contributed by atoms with Crippen LogP contribution in [-0.2, 0) is 21.4 Å². The second-order valence-electron chi connectivity index (χ2n) is 6.66. The molecule has 1 fully saturated rings. The normalized spacial score (nSPS) is 18.4. The van der Waals surface area contributed by atoms with Crippen LogP contribution < -0.4 is 5.32 Å². The Hall–Kier alpha value is -2.26. The molecule has 1 saturated heterocycles. The Morgan fingerprint density at radius 2 is 2.11 bits per heavy atom. The topological polar surface area (TPSA) is 92.5 Å². The predicted octanol–water partition coefficient (Wildman–Crippen LogP) is 2.15. The molecule has 0 aliphatic carbocycles. The third kappa shape index (κ3) is 4.03. The van der Waals surface area contributed by atoms with Gasteiger partial charge in [-0.25, -0.2) is 12.8 Å². The van der Waals surface area contributed by atoms with E-state index >= 15 is 0 Å². The molecule has 2 heterocycles. The molecule has 1 aromatic heterocycles. The average molecular weight is 395 g/mol. The van der Waals surface area contributed by atoms with Gasteiger partial charge >= 0.3 is 0 Å². The molecule has 0 bridgehead atoms. The van der Waals surface area contributed by atoms with Crippen LogP contribution in [0.2, 0.25) is 0 Å². The molecule has 1 aliphatic heterocycles. The molecule has 1 amide bonds. The van der Waals surface area contributed by atoms with Crippen LogP contribution in [-0.4, -0.2) is 36.9 Å². The van der Waals surface area contributed by atoms with Crippen LogP contribution in [0.25, 0.3) is 0 Å². The van der Waals surface area contributed by atoms with Gasteiger partial charge in [0.05, 0.1) is 5.92 Å². The Bertz CT molecular complexity index is 922. The number of aromatic nitrogens is 1. The molecule has 27 heavy (non-hydrogen) atoms. The summed E-state index contributed by atoms with van der Waals surface area (Å²) in [5, 5.41) is 6.41. The molecule has 0 spiro atoms. The van der Waals surface area contributed by atoms with Crippen LogP contribution in [0.1, 0.15) is 29.9 Å². The molecule has 0 radical (unpaired) electrons. The maximum absolute atomic E-state index is 13.7. The second-order valence-corrected chi connectivity index (χ2v) is 8.54. The number of amides is 1. The second kappa shape index (κ2) is 7.77.